The fraction of sp³-hybridized carbons (Fsp3) is 0.267. The van der Waals surface area contributed by atoms with Gasteiger partial charge in [0.1, 0.15) is 23.0 Å². The number of aromatic nitrogens is 1. The summed E-state index contributed by atoms with van der Waals surface area (Å²) in [6.07, 6.45) is -3.82. The summed E-state index contributed by atoms with van der Waals surface area (Å²) in [5.41, 5.74) is -0.914. The number of carbonyl (C=O) groups excluding carboxylic acids is 1. The van der Waals surface area contributed by atoms with Gasteiger partial charge in [0.05, 0.1) is 5.69 Å². The fourth-order valence-corrected chi connectivity index (χ4v) is 3.20. The Balaban J connectivity index is 2.26. The van der Waals surface area contributed by atoms with Gasteiger partial charge in [0.15, 0.2) is 5.82 Å². The maximum atomic E-state index is 14.0. The highest BCUT2D eigenvalue weighted by Crippen LogP contribution is 2.22. The fourth-order valence-electron chi connectivity index (χ4n) is 2.11. The highest BCUT2D eigenvalue weighted by molar-refractivity contribution is 7.89. The lowest BCUT2D eigenvalue weighted by atomic mass is 10.2. The van der Waals surface area contributed by atoms with Crippen molar-refractivity contribution in [3.8, 4) is 0 Å². The van der Waals surface area contributed by atoms with Crippen LogP contribution in [-0.2, 0) is 17.1 Å². The molecule has 12 heteroatoms. The van der Waals surface area contributed by atoms with E-state index in [1.807, 2.05) is 0 Å². The second-order valence-electron chi connectivity index (χ2n) is 5.60. The lowest BCUT2D eigenvalue weighted by Crippen LogP contribution is -2.33. The van der Waals surface area contributed by atoms with Crippen molar-refractivity contribution in [3.63, 3.8) is 0 Å². The van der Waals surface area contributed by atoms with Crippen LogP contribution in [0.2, 0.25) is 0 Å². The van der Waals surface area contributed by atoms with Gasteiger partial charge in [-0.15, -0.1) is 0 Å². The second-order valence-corrected chi connectivity index (χ2v) is 7.37. The Kier molecular flexibility index (Phi) is 5.61. The maximum Gasteiger partial charge on any atom is 0.402 e. The number of amides is 1. The van der Waals surface area contributed by atoms with Gasteiger partial charge in [-0.1, -0.05) is 0 Å². The summed E-state index contributed by atoms with van der Waals surface area (Å²) in [5.74, 6) is -2.74. The molecule has 2 rings (SSSR count). The Morgan fingerprint density at radius 1 is 1.22 bits per heavy atom. The number of hydrogen-bond donors (Lipinski definition) is 2. The summed E-state index contributed by atoms with van der Waals surface area (Å²) >= 11 is 0. The minimum absolute atomic E-state index is 0.260. The number of anilines is 1. The summed E-state index contributed by atoms with van der Waals surface area (Å²) in [4.78, 5) is 11.7. The first-order valence-electron chi connectivity index (χ1n) is 7.30. The van der Waals surface area contributed by atoms with Crippen molar-refractivity contribution in [3.05, 3.63) is 47.3 Å². The van der Waals surface area contributed by atoms with Crippen molar-refractivity contribution in [1.29, 1.82) is 0 Å². The first-order valence-corrected chi connectivity index (χ1v) is 8.79. The maximum absolute atomic E-state index is 14.0. The number of hydrogen-bond acceptors (Lipinski definition) is 3. The van der Waals surface area contributed by atoms with Crippen molar-refractivity contribution < 1.29 is 35.2 Å². The largest absolute Gasteiger partial charge is 0.402 e. The van der Waals surface area contributed by atoms with Crippen LogP contribution in [0.4, 0.5) is 27.6 Å². The molecule has 148 valence electrons. The predicted molar refractivity (Wildman–Crippen MR) is 85.7 cm³/mol. The van der Waals surface area contributed by atoms with Gasteiger partial charge in [-0.3, -0.25) is 4.79 Å². The molecule has 0 aliphatic heterocycles. The quantitative estimate of drug-likeness (QED) is 0.743. The molecule has 0 spiro atoms. The van der Waals surface area contributed by atoms with E-state index in [2.05, 4.69) is 5.32 Å². The average Bonchev–Trinajstić information content (AvgIpc) is 2.96. The molecule has 1 aromatic heterocycles. The Morgan fingerprint density at radius 3 is 2.44 bits per heavy atom. The molecule has 0 fully saturated rings. The molecule has 1 amide bonds. The number of halogens is 5. The number of sulfonamides is 1. The number of nitrogens with one attached hydrogen (secondary N) is 2. The Bertz CT molecular complexity index is 983. The van der Waals surface area contributed by atoms with Crippen LogP contribution in [0, 0.1) is 18.6 Å². The Labute approximate surface area is 151 Å². The van der Waals surface area contributed by atoms with E-state index in [0.29, 0.717) is 0 Å². The van der Waals surface area contributed by atoms with Crippen LogP contribution in [-0.4, -0.2) is 31.6 Å². The Morgan fingerprint density at radius 2 is 1.85 bits per heavy atom. The van der Waals surface area contributed by atoms with Gasteiger partial charge in [-0.05, 0) is 25.1 Å². The van der Waals surface area contributed by atoms with Crippen molar-refractivity contribution in [2.75, 3.05) is 11.9 Å². The summed E-state index contributed by atoms with van der Waals surface area (Å²) in [6.45, 7) is -0.605. The zero-order chi connectivity index (χ0) is 20.6. The average molecular weight is 411 g/mol. The van der Waals surface area contributed by atoms with Crippen LogP contribution in [0.5, 0.6) is 0 Å². The molecule has 2 N–H and O–H groups in total. The van der Waals surface area contributed by atoms with Crippen molar-refractivity contribution >= 4 is 21.6 Å². The summed E-state index contributed by atoms with van der Waals surface area (Å²) in [6, 6.07) is 2.76. The lowest BCUT2D eigenvalue weighted by Gasteiger charge is -2.09. The van der Waals surface area contributed by atoms with E-state index >= 15 is 0 Å². The van der Waals surface area contributed by atoms with E-state index in [4.69, 9.17) is 0 Å². The number of aryl methyl sites for hydroxylation is 1. The van der Waals surface area contributed by atoms with Gasteiger partial charge >= 0.3 is 6.18 Å². The van der Waals surface area contributed by atoms with Gasteiger partial charge in [0.25, 0.3) is 5.91 Å². The van der Waals surface area contributed by atoms with E-state index in [1.165, 1.54) is 18.7 Å². The second kappa shape index (κ2) is 7.27. The lowest BCUT2D eigenvalue weighted by molar-refractivity contribution is -0.121. The number of nitrogens with zero attached hydrogens (tertiary/aromatic N) is 1. The molecule has 0 saturated carbocycles. The smallest absolute Gasteiger partial charge is 0.345 e. The zero-order valence-corrected chi connectivity index (χ0v) is 14.8. The molecular weight excluding hydrogens is 397 g/mol. The monoisotopic (exact) mass is 411 g/mol. The molecular formula is C15H14F5N3O3S. The highest BCUT2D eigenvalue weighted by atomic mass is 32.2. The third-order valence-corrected chi connectivity index (χ3v) is 4.92. The summed E-state index contributed by atoms with van der Waals surface area (Å²) in [5, 5.41) is 2.16. The van der Waals surface area contributed by atoms with E-state index in [0.717, 1.165) is 29.0 Å². The third kappa shape index (κ3) is 4.83. The topological polar surface area (TPSA) is 80.2 Å². The molecule has 0 radical (unpaired) electrons. The van der Waals surface area contributed by atoms with Gasteiger partial charge in [0, 0.05) is 18.8 Å². The van der Waals surface area contributed by atoms with E-state index in [1.54, 1.807) is 0 Å². The first kappa shape index (κ1) is 20.8. The van der Waals surface area contributed by atoms with Gasteiger partial charge in [0.2, 0.25) is 10.0 Å². The molecule has 0 unspecified atom stereocenters. The van der Waals surface area contributed by atoms with Gasteiger partial charge < -0.3 is 9.88 Å². The minimum atomic E-state index is -4.75. The molecule has 0 aliphatic rings. The third-order valence-electron chi connectivity index (χ3n) is 3.55. The number of benzene rings is 1. The SMILES string of the molecule is Cc1c(F)ccc(NC(=O)c2cc(S(=O)(=O)NCC(F)(F)F)cn2C)c1F. The summed E-state index contributed by atoms with van der Waals surface area (Å²) < 4.78 is 90.1. The zero-order valence-electron chi connectivity index (χ0n) is 14.0. The van der Waals surface area contributed by atoms with Crippen LogP contribution in [0.3, 0.4) is 0 Å². The minimum Gasteiger partial charge on any atom is -0.345 e. The standard InChI is InChI=1S/C15H14F5N3O3S/c1-8-10(16)3-4-11(13(8)17)22-14(24)12-5-9(6-23(12)2)27(25,26)21-7-15(18,19)20/h3-6,21H,7H2,1-2H3,(H,22,24). The van der Waals surface area contributed by atoms with Crippen molar-refractivity contribution in [2.45, 2.75) is 18.0 Å². The van der Waals surface area contributed by atoms with Crippen LogP contribution in [0.25, 0.3) is 0 Å². The molecule has 0 aliphatic carbocycles. The van der Waals surface area contributed by atoms with Crippen LogP contribution in [0.1, 0.15) is 16.1 Å². The van der Waals surface area contributed by atoms with Gasteiger partial charge in [-0.2, -0.15) is 13.2 Å². The van der Waals surface area contributed by atoms with Crippen LogP contribution in [0.15, 0.2) is 29.3 Å². The van der Waals surface area contributed by atoms with E-state index < -0.39 is 45.2 Å². The summed E-state index contributed by atoms with van der Waals surface area (Å²) in [7, 11) is -3.23. The molecule has 1 aromatic carbocycles. The molecule has 2 aromatic rings. The van der Waals surface area contributed by atoms with E-state index in [-0.39, 0.29) is 16.9 Å². The molecule has 6 nitrogen and oxygen atoms in total. The molecule has 0 atom stereocenters. The van der Waals surface area contributed by atoms with Gasteiger partial charge in [-0.25, -0.2) is 21.9 Å². The van der Waals surface area contributed by atoms with Crippen molar-refractivity contribution in [2.24, 2.45) is 7.05 Å². The molecule has 1 heterocycles. The molecule has 27 heavy (non-hydrogen) atoms. The predicted octanol–water partition coefficient (Wildman–Crippen LogP) is 2.70. The van der Waals surface area contributed by atoms with Crippen LogP contribution < -0.4 is 10.0 Å². The Hall–Kier alpha value is -2.47. The van der Waals surface area contributed by atoms with E-state index in [9.17, 15) is 35.2 Å². The number of rotatable bonds is 5. The molecule has 0 saturated heterocycles. The van der Waals surface area contributed by atoms with Crippen molar-refractivity contribution in [1.82, 2.24) is 9.29 Å². The molecule has 0 bridgehead atoms. The number of carbonyl (C=O) groups is 1. The first-order chi connectivity index (χ1) is 12.3. The highest BCUT2D eigenvalue weighted by Gasteiger charge is 2.31. The normalized spacial score (nSPS) is 12.3. The number of alkyl halides is 3. The van der Waals surface area contributed by atoms with Crippen LogP contribution >= 0.6 is 0 Å².